The highest BCUT2D eigenvalue weighted by Crippen LogP contribution is 2.26. The topological polar surface area (TPSA) is 43.7 Å². The Labute approximate surface area is 84.6 Å². The number of benzene rings is 1. The molecule has 0 heterocycles. The zero-order chi connectivity index (χ0) is 10.7. The van der Waals surface area contributed by atoms with Gasteiger partial charge < -0.3 is 15.1 Å². The number of aromatic hydroxyl groups is 1. The van der Waals surface area contributed by atoms with Gasteiger partial charge in [0.25, 0.3) is 0 Å². The van der Waals surface area contributed by atoms with E-state index in [9.17, 15) is 5.11 Å². The molecule has 14 heavy (non-hydrogen) atoms. The van der Waals surface area contributed by atoms with Gasteiger partial charge >= 0.3 is 0 Å². The maximum absolute atomic E-state index is 9.83. The van der Waals surface area contributed by atoms with Crippen molar-refractivity contribution in [3.8, 4) is 5.75 Å². The summed E-state index contributed by atoms with van der Waals surface area (Å²) < 4.78 is 0. The van der Waals surface area contributed by atoms with Gasteiger partial charge in [-0.15, -0.1) is 0 Å². The molecular weight excluding hydrogens is 178 g/mol. The number of rotatable bonds is 3. The molecule has 0 atom stereocenters. The molecule has 1 aromatic carbocycles. The van der Waals surface area contributed by atoms with Gasteiger partial charge in [0.1, 0.15) is 5.75 Å². The van der Waals surface area contributed by atoms with Crippen LogP contribution in [-0.2, 0) is 13.2 Å². The summed E-state index contributed by atoms with van der Waals surface area (Å²) in [5.74, 6) is 0.223. The summed E-state index contributed by atoms with van der Waals surface area (Å²) >= 11 is 0. The van der Waals surface area contributed by atoms with Crippen LogP contribution >= 0.6 is 0 Å². The standard InChI is InChI=1S/C11H17NO2/c1-8-4-5-9(7-13)11(14)10(8)6-12(2)3/h4-5,13-14H,6-7H2,1-3H3. The third kappa shape index (κ3) is 2.25. The predicted octanol–water partition coefficient (Wildman–Crippen LogP) is 1.25. The van der Waals surface area contributed by atoms with Crippen LogP contribution < -0.4 is 0 Å². The summed E-state index contributed by atoms with van der Waals surface area (Å²) in [5.41, 5.74) is 2.53. The summed E-state index contributed by atoms with van der Waals surface area (Å²) in [7, 11) is 3.90. The molecule has 0 fully saturated rings. The van der Waals surface area contributed by atoms with E-state index in [2.05, 4.69) is 0 Å². The van der Waals surface area contributed by atoms with Crippen molar-refractivity contribution < 1.29 is 10.2 Å². The summed E-state index contributed by atoms with van der Waals surface area (Å²) in [4.78, 5) is 1.99. The number of phenols is 1. The first-order valence-corrected chi connectivity index (χ1v) is 4.62. The SMILES string of the molecule is Cc1ccc(CO)c(O)c1CN(C)C. The first-order chi connectivity index (χ1) is 6.56. The molecule has 0 aromatic heterocycles. The fourth-order valence-corrected chi connectivity index (χ4v) is 1.43. The lowest BCUT2D eigenvalue weighted by Crippen LogP contribution is -2.12. The Kier molecular flexibility index (Phi) is 3.49. The van der Waals surface area contributed by atoms with Crippen LogP contribution in [-0.4, -0.2) is 29.2 Å². The molecule has 3 nitrogen and oxygen atoms in total. The lowest BCUT2D eigenvalue weighted by atomic mass is 10.0. The lowest BCUT2D eigenvalue weighted by Gasteiger charge is -2.15. The van der Waals surface area contributed by atoms with E-state index in [1.807, 2.05) is 32.0 Å². The molecule has 0 saturated heterocycles. The van der Waals surface area contributed by atoms with Crippen LogP contribution in [0.2, 0.25) is 0 Å². The second kappa shape index (κ2) is 4.44. The van der Waals surface area contributed by atoms with Gasteiger partial charge in [0.15, 0.2) is 0 Å². The Hall–Kier alpha value is -1.06. The van der Waals surface area contributed by atoms with Crippen molar-refractivity contribution >= 4 is 0 Å². The quantitative estimate of drug-likeness (QED) is 0.763. The van der Waals surface area contributed by atoms with E-state index in [-0.39, 0.29) is 12.4 Å². The van der Waals surface area contributed by atoms with Crippen LogP contribution in [0.4, 0.5) is 0 Å². The minimum Gasteiger partial charge on any atom is -0.507 e. The minimum absolute atomic E-state index is 0.119. The second-order valence-electron chi connectivity index (χ2n) is 3.76. The molecule has 0 amide bonds. The molecular formula is C11H17NO2. The largest absolute Gasteiger partial charge is 0.507 e. The molecule has 1 rings (SSSR count). The minimum atomic E-state index is -0.119. The predicted molar refractivity (Wildman–Crippen MR) is 56.2 cm³/mol. The first kappa shape index (κ1) is 11.0. The van der Waals surface area contributed by atoms with E-state index in [4.69, 9.17) is 5.11 Å². The van der Waals surface area contributed by atoms with E-state index >= 15 is 0 Å². The summed E-state index contributed by atoms with van der Waals surface area (Å²) in [5, 5.41) is 18.8. The zero-order valence-electron chi connectivity index (χ0n) is 8.91. The number of hydrogen-bond donors (Lipinski definition) is 2. The molecule has 0 spiro atoms. The molecule has 0 bridgehead atoms. The van der Waals surface area contributed by atoms with E-state index in [1.54, 1.807) is 6.07 Å². The summed E-state index contributed by atoms with van der Waals surface area (Å²) in [6, 6.07) is 3.67. The second-order valence-corrected chi connectivity index (χ2v) is 3.76. The highest BCUT2D eigenvalue weighted by Gasteiger charge is 2.09. The Morgan fingerprint density at radius 2 is 1.93 bits per heavy atom. The van der Waals surface area contributed by atoms with Gasteiger partial charge in [0.05, 0.1) is 6.61 Å². The molecule has 2 N–H and O–H groups in total. The zero-order valence-corrected chi connectivity index (χ0v) is 8.91. The number of nitrogens with zero attached hydrogens (tertiary/aromatic N) is 1. The monoisotopic (exact) mass is 195 g/mol. The van der Waals surface area contributed by atoms with Crippen molar-refractivity contribution in [1.82, 2.24) is 4.90 Å². The first-order valence-electron chi connectivity index (χ1n) is 4.62. The number of hydrogen-bond acceptors (Lipinski definition) is 3. The van der Waals surface area contributed by atoms with Crippen molar-refractivity contribution in [1.29, 1.82) is 0 Å². The molecule has 0 aliphatic carbocycles. The van der Waals surface area contributed by atoms with Gasteiger partial charge in [0.2, 0.25) is 0 Å². The normalized spacial score (nSPS) is 10.9. The van der Waals surface area contributed by atoms with Crippen molar-refractivity contribution in [3.63, 3.8) is 0 Å². The van der Waals surface area contributed by atoms with Crippen molar-refractivity contribution in [2.24, 2.45) is 0 Å². The van der Waals surface area contributed by atoms with Gasteiger partial charge in [-0.1, -0.05) is 12.1 Å². The lowest BCUT2D eigenvalue weighted by molar-refractivity contribution is 0.274. The molecule has 3 heteroatoms. The van der Waals surface area contributed by atoms with Gasteiger partial charge in [-0.2, -0.15) is 0 Å². The van der Waals surface area contributed by atoms with Crippen LogP contribution in [0.25, 0.3) is 0 Å². The third-order valence-corrected chi connectivity index (χ3v) is 2.25. The van der Waals surface area contributed by atoms with Crippen molar-refractivity contribution in [3.05, 3.63) is 28.8 Å². The number of aryl methyl sites for hydroxylation is 1. The van der Waals surface area contributed by atoms with Gasteiger partial charge in [0, 0.05) is 17.7 Å². The smallest absolute Gasteiger partial charge is 0.125 e. The fourth-order valence-electron chi connectivity index (χ4n) is 1.43. The van der Waals surface area contributed by atoms with Crippen molar-refractivity contribution in [2.45, 2.75) is 20.1 Å². The number of aliphatic hydroxyl groups is 1. The fraction of sp³-hybridized carbons (Fsp3) is 0.455. The van der Waals surface area contributed by atoms with E-state index in [0.29, 0.717) is 12.1 Å². The summed E-state index contributed by atoms with van der Waals surface area (Å²) in [6.07, 6.45) is 0. The van der Waals surface area contributed by atoms with E-state index < -0.39 is 0 Å². The Balaban J connectivity index is 3.11. The molecule has 1 aromatic rings. The molecule has 78 valence electrons. The van der Waals surface area contributed by atoms with Crippen LogP contribution in [0.1, 0.15) is 16.7 Å². The molecule has 0 aliphatic rings. The molecule has 0 unspecified atom stereocenters. The third-order valence-electron chi connectivity index (χ3n) is 2.25. The van der Waals surface area contributed by atoms with Crippen molar-refractivity contribution in [2.75, 3.05) is 14.1 Å². The molecule has 0 saturated carbocycles. The van der Waals surface area contributed by atoms with Gasteiger partial charge in [-0.3, -0.25) is 0 Å². The van der Waals surface area contributed by atoms with Gasteiger partial charge in [-0.25, -0.2) is 0 Å². The maximum Gasteiger partial charge on any atom is 0.125 e. The Morgan fingerprint density at radius 3 is 2.43 bits per heavy atom. The highest BCUT2D eigenvalue weighted by molar-refractivity contribution is 5.44. The molecule has 0 radical (unpaired) electrons. The van der Waals surface area contributed by atoms with Crippen LogP contribution in [0, 0.1) is 6.92 Å². The maximum atomic E-state index is 9.83. The van der Waals surface area contributed by atoms with Crippen LogP contribution in [0.15, 0.2) is 12.1 Å². The number of aliphatic hydroxyl groups excluding tert-OH is 1. The average Bonchev–Trinajstić information content (AvgIpc) is 2.12. The van der Waals surface area contributed by atoms with Gasteiger partial charge in [-0.05, 0) is 26.6 Å². The van der Waals surface area contributed by atoms with Crippen LogP contribution in [0.5, 0.6) is 5.75 Å². The summed E-state index contributed by atoms with van der Waals surface area (Å²) in [6.45, 7) is 2.53. The Bertz CT molecular complexity index is 321. The van der Waals surface area contributed by atoms with E-state index in [1.165, 1.54) is 0 Å². The highest BCUT2D eigenvalue weighted by atomic mass is 16.3. The average molecular weight is 195 g/mol. The van der Waals surface area contributed by atoms with E-state index in [0.717, 1.165) is 11.1 Å². The molecule has 0 aliphatic heterocycles. The van der Waals surface area contributed by atoms with Crippen LogP contribution in [0.3, 0.4) is 0 Å². The Morgan fingerprint density at radius 1 is 1.29 bits per heavy atom.